The maximum Gasteiger partial charge on any atom is 0.290 e. The Morgan fingerprint density at radius 1 is 0.886 bits per heavy atom. The molecule has 178 valence electrons. The van der Waals surface area contributed by atoms with Gasteiger partial charge in [0, 0.05) is 10.9 Å². The summed E-state index contributed by atoms with van der Waals surface area (Å²) in [7, 11) is -2.63. The molecule has 12 heteroatoms. The molecule has 4 rings (SSSR count). The van der Waals surface area contributed by atoms with Gasteiger partial charge in [-0.2, -0.15) is 5.10 Å². The molecule has 0 unspecified atom stereocenters. The first kappa shape index (κ1) is 23.4. The number of hydrazine groups is 1. The number of carbonyl (C=O) groups is 2. The SMILES string of the molecule is COc1ccccc1NS(=O)(=O)c1cccc(C(=O)NNC(=O)c2n[nH]c(=O)c3ccccc23)c1. The number of aromatic nitrogens is 2. The van der Waals surface area contributed by atoms with E-state index in [-0.39, 0.29) is 27.2 Å². The molecule has 4 N–H and O–H groups in total. The fraction of sp³-hybridized carbons (Fsp3) is 0.0435. The Hall–Kier alpha value is -4.71. The van der Waals surface area contributed by atoms with Gasteiger partial charge in [0.05, 0.1) is 23.1 Å². The minimum absolute atomic E-state index is 0.0208. The second-order valence-electron chi connectivity index (χ2n) is 7.19. The van der Waals surface area contributed by atoms with Gasteiger partial charge in [-0.25, -0.2) is 13.5 Å². The normalized spacial score (nSPS) is 11.0. The maximum absolute atomic E-state index is 12.8. The van der Waals surface area contributed by atoms with Gasteiger partial charge in [-0.05, 0) is 36.4 Å². The van der Waals surface area contributed by atoms with Crippen LogP contribution in [0.4, 0.5) is 5.69 Å². The van der Waals surface area contributed by atoms with Crippen LogP contribution in [0.25, 0.3) is 10.8 Å². The van der Waals surface area contributed by atoms with Crippen molar-refractivity contribution < 1.29 is 22.7 Å². The van der Waals surface area contributed by atoms with Gasteiger partial charge < -0.3 is 4.74 Å². The van der Waals surface area contributed by atoms with E-state index >= 15 is 0 Å². The van der Waals surface area contributed by atoms with Crippen LogP contribution in [0, 0.1) is 0 Å². The molecule has 4 aromatic rings. The highest BCUT2D eigenvalue weighted by Crippen LogP contribution is 2.26. The molecule has 1 aromatic heterocycles. The van der Waals surface area contributed by atoms with Crippen LogP contribution in [0.1, 0.15) is 20.8 Å². The van der Waals surface area contributed by atoms with Crippen LogP contribution >= 0.6 is 0 Å². The van der Waals surface area contributed by atoms with Crippen molar-refractivity contribution in [1.82, 2.24) is 21.0 Å². The van der Waals surface area contributed by atoms with Crippen molar-refractivity contribution in [3.63, 3.8) is 0 Å². The number of nitrogens with zero attached hydrogens (tertiary/aromatic N) is 1. The average Bonchev–Trinajstić information content (AvgIpc) is 2.87. The lowest BCUT2D eigenvalue weighted by Gasteiger charge is -2.12. The number of benzene rings is 3. The number of hydrogen-bond donors (Lipinski definition) is 4. The number of para-hydroxylation sites is 2. The van der Waals surface area contributed by atoms with E-state index in [4.69, 9.17) is 4.74 Å². The minimum atomic E-state index is -4.05. The first-order valence-electron chi connectivity index (χ1n) is 10.1. The summed E-state index contributed by atoms with van der Waals surface area (Å²) in [5.41, 5.74) is 4.09. The van der Waals surface area contributed by atoms with Crippen LogP contribution in [0.2, 0.25) is 0 Å². The number of hydrogen-bond acceptors (Lipinski definition) is 7. The number of aromatic amines is 1. The predicted molar refractivity (Wildman–Crippen MR) is 128 cm³/mol. The highest BCUT2D eigenvalue weighted by atomic mass is 32.2. The van der Waals surface area contributed by atoms with Crippen molar-refractivity contribution in [2.24, 2.45) is 0 Å². The van der Waals surface area contributed by atoms with Crippen LogP contribution in [0.5, 0.6) is 5.75 Å². The zero-order valence-electron chi connectivity index (χ0n) is 18.2. The molecule has 0 atom stereocenters. The number of ether oxygens (including phenoxy) is 1. The number of fused-ring (bicyclic) bond motifs is 1. The highest BCUT2D eigenvalue weighted by molar-refractivity contribution is 7.92. The van der Waals surface area contributed by atoms with E-state index in [1.807, 2.05) is 0 Å². The summed E-state index contributed by atoms with van der Waals surface area (Å²) in [6.07, 6.45) is 0. The standard InChI is InChI=1S/C23H19N5O6S/c1-34-19-12-5-4-11-18(19)28-35(32,33)15-8-6-7-14(13-15)21(29)25-27-23(31)20-16-9-2-3-10-17(16)22(30)26-24-20/h2-13,28H,1H3,(H,25,29)(H,26,30)(H,27,31). The van der Waals surface area contributed by atoms with Gasteiger partial charge >= 0.3 is 0 Å². The van der Waals surface area contributed by atoms with E-state index in [9.17, 15) is 22.8 Å². The van der Waals surface area contributed by atoms with Gasteiger partial charge in [0.1, 0.15) is 5.75 Å². The molecular weight excluding hydrogens is 474 g/mol. The molecule has 0 bridgehead atoms. The second-order valence-corrected chi connectivity index (χ2v) is 8.87. The minimum Gasteiger partial charge on any atom is -0.495 e. The number of amides is 2. The van der Waals surface area contributed by atoms with Crippen molar-refractivity contribution in [3.8, 4) is 5.75 Å². The third-order valence-electron chi connectivity index (χ3n) is 4.96. The average molecular weight is 494 g/mol. The Morgan fingerprint density at radius 3 is 2.34 bits per heavy atom. The van der Waals surface area contributed by atoms with E-state index in [0.29, 0.717) is 11.1 Å². The van der Waals surface area contributed by atoms with Crippen molar-refractivity contribution >= 4 is 38.3 Å². The fourth-order valence-electron chi connectivity index (χ4n) is 3.27. The van der Waals surface area contributed by atoms with Crippen molar-refractivity contribution in [3.05, 3.63) is 94.4 Å². The third kappa shape index (κ3) is 4.96. The summed E-state index contributed by atoms with van der Waals surface area (Å²) in [6, 6.07) is 18.1. The van der Waals surface area contributed by atoms with Crippen LogP contribution < -0.4 is 25.9 Å². The van der Waals surface area contributed by atoms with E-state index in [0.717, 1.165) is 6.07 Å². The van der Waals surface area contributed by atoms with Gasteiger partial charge in [-0.15, -0.1) is 0 Å². The number of nitrogens with one attached hydrogen (secondary N) is 4. The van der Waals surface area contributed by atoms with Gasteiger partial charge in [-0.1, -0.05) is 36.4 Å². The number of sulfonamides is 1. The summed E-state index contributed by atoms with van der Waals surface area (Å²) in [4.78, 5) is 36.9. The molecule has 0 aliphatic carbocycles. The van der Waals surface area contributed by atoms with Crippen LogP contribution in [-0.2, 0) is 10.0 Å². The lowest BCUT2D eigenvalue weighted by Crippen LogP contribution is -2.42. The Labute approximate surface area is 199 Å². The molecule has 35 heavy (non-hydrogen) atoms. The van der Waals surface area contributed by atoms with Gasteiger partial charge in [0.2, 0.25) is 0 Å². The molecule has 0 fully saturated rings. The molecule has 0 saturated heterocycles. The maximum atomic E-state index is 12.8. The van der Waals surface area contributed by atoms with Gasteiger partial charge in [-0.3, -0.25) is 30.0 Å². The quantitative estimate of drug-likeness (QED) is 0.298. The highest BCUT2D eigenvalue weighted by Gasteiger charge is 2.19. The molecule has 3 aromatic carbocycles. The molecule has 0 radical (unpaired) electrons. The summed E-state index contributed by atoms with van der Waals surface area (Å²) in [5.74, 6) is -1.20. The second kappa shape index (κ2) is 9.65. The summed E-state index contributed by atoms with van der Waals surface area (Å²) >= 11 is 0. The van der Waals surface area contributed by atoms with E-state index in [1.165, 1.54) is 37.4 Å². The first-order valence-corrected chi connectivity index (χ1v) is 11.6. The largest absolute Gasteiger partial charge is 0.495 e. The third-order valence-corrected chi connectivity index (χ3v) is 6.32. The Balaban J connectivity index is 1.50. The molecule has 0 aliphatic rings. The van der Waals surface area contributed by atoms with Crippen molar-refractivity contribution in [1.29, 1.82) is 0 Å². The summed E-state index contributed by atoms with van der Waals surface area (Å²) in [6.45, 7) is 0. The number of rotatable bonds is 6. The van der Waals surface area contributed by atoms with Crippen molar-refractivity contribution in [2.45, 2.75) is 4.90 Å². The van der Waals surface area contributed by atoms with Gasteiger partial charge in [0.25, 0.3) is 27.4 Å². The molecule has 0 aliphatic heterocycles. The first-order chi connectivity index (χ1) is 16.8. The summed E-state index contributed by atoms with van der Waals surface area (Å²) < 4.78 is 33.3. The van der Waals surface area contributed by atoms with E-state index in [2.05, 4.69) is 25.8 Å². The van der Waals surface area contributed by atoms with Crippen LogP contribution in [0.3, 0.4) is 0 Å². The monoisotopic (exact) mass is 493 g/mol. The predicted octanol–water partition coefficient (Wildman–Crippen LogP) is 1.81. The summed E-state index contributed by atoms with van der Waals surface area (Å²) in [5, 5.41) is 6.56. The fourth-order valence-corrected chi connectivity index (χ4v) is 4.39. The Bertz CT molecular complexity index is 1600. The Morgan fingerprint density at radius 2 is 1.57 bits per heavy atom. The zero-order chi connectivity index (χ0) is 25.0. The molecule has 0 spiro atoms. The number of anilines is 1. The molecule has 0 saturated carbocycles. The van der Waals surface area contributed by atoms with Crippen molar-refractivity contribution in [2.75, 3.05) is 11.8 Å². The molecule has 2 amide bonds. The van der Waals surface area contributed by atoms with E-state index < -0.39 is 27.4 Å². The molecule has 1 heterocycles. The van der Waals surface area contributed by atoms with Crippen LogP contribution in [0.15, 0.2) is 82.5 Å². The smallest absolute Gasteiger partial charge is 0.290 e. The number of carbonyl (C=O) groups excluding carboxylic acids is 2. The molecule has 11 nitrogen and oxygen atoms in total. The number of methoxy groups -OCH3 is 1. The zero-order valence-corrected chi connectivity index (χ0v) is 19.0. The Kier molecular flexibility index (Phi) is 6.46. The van der Waals surface area contributed by atoms with Gasteiger partial charge in [0.15, 0.2) is 5.69 Å². The topological polar surface area (TPSA) is 159 Å². The number of H-pyrrole nitrogens is 1. The molecular formula is C23H19N5O6S. The van der Waals surface area contributed by atoms with Crippen LogP contribution in [-0.4, -0.2) is 37.5 Å². The lowest BCUT2D eigenvalue weighted by molar-refractivity contribution is 0.0844. The lowest BCUT2D eigenvalue weighted by atomic mass is 10.1. The van der Waals surface area contributed by atoms with E-state index in [1.54, 1.807) is 36.4 Å².